The van der Waals surface area contributed by atoms with E-state index < -0.39 is 17.0 Å². The van der Waals surface area contributed by atoms with Crippen molar-refractivity contribution in [3.05, 3.63) is 39.4 Å². The summed E-state index contributed by atoms with van der Waals surface area (Å²) in [6.07, 6.45) is 1.90. The van der Waals surface area contributed by atoms with Crippen LogP contribution in [0.3, 0.4) is 0 Å². The third kappa shape index (κ3) is 4.19. The molecule has 2 N–H and O–H groups in total. The Morgan fingerprint density at radius 3 is 2.81 bits per heavy atom. The average molecular weight is 390 g/mol. The number of hydrogen-bond acceptors (Lipinski definition) is 7. The Morgan fingerprint density at radius 2 is 2.11 bits per heavy atom. The number of nitrogens with zero attached hydrogens (tertiary/aromatic N) is 4. The second kappa shape index (κ2) is 8.08. The molecule has 1 aliphatic heterocycles. The van der Waals surface area contributed by atoms with Crippen molar-refractivity contribution in [2.45, 2.75) is 32.2 Å². The van der Waals surface area contributed by atoms with Gasteiger partial charge in [-0.1, -0.05) is 30.4 Å². The third-order valence-electron chi connectivity index (χ3n) is 4.16. The SMILES string of the molecule is CCc1nnc(NC(=O)[C@H]2CCCN2C(=O)Nc2ccccc2[N+](=O)[O-])s1. The zero-order valence-electron chi connectivity index (χ0n) is 14.5. The molecule has 0 bridgehead atoms. The number of carbonyl (C=O) groups is 2. The minimum Gasteiger partial charge on any atom is -0.312 e. The van der Waals surface area contributed by atoms with Gasteiger partial charge in [0, 0.05) is 12.6 Å². The van der Waals surface area contributed by atoms with E-state index in [1.54, 1.807) is 6.07 Å². The van der Waals surface area contributed by atoms with E-state index in [1.165, 1.54) is 34.4 Å². The van der Waals surface area contributed by atoms with Crippen molar-refractivity contribution >= 4 is 39.8 Å². The molecule has 1 aliphatic rings. The van der Waals surface area contributed by atoms with Crippen LogP contribution >= 0.6 is 11.3 Å². The van der Waals surface area contributed by atoms with Crippen molar-refractivity contribution in [3.8, 4) is 0 Å². The van der Waals surface area contributed by atoms with Gasteiger partial charge in [-0.15, -0.1) is 10.2 Å². The molecular formula is C16H18N6O4S. The average Bonchev–Trinajstić information content (AvgIpc) is 3.31. The second-order valence-corrected chi connectivity index (χ2v) is 6.96. The molecule has 0 saturated carbocycles. The van der Waals surface area contributed by atoms with Crippen LogP contribution in [0.2, 0.25) is 0 Å². The molecule has 0 unspecified atom stereocenters. The van der Waals surface area contributed by atoms with E-state index in [2.05, 4.69) is 20.8 Å². The van der Waals surface area contributed by atoms with Crippen LogP contribution in [0.25, 0.3) is 0 Å². The van der Waals surface area contributed by atoms with Crippen LogP contribution in [0, 0.1) is 10.1 Å². The Kier molecular flexibility index (Phi) is 5.60. The quantitative estimate of drug-likeness (QED) is 0.596. The molecule has 142 valence electrons. The smallest absolute Gasteiger partial charge is 0.312 e. The Morgan fingerprint density at radius 1 is 1.33 bits per heavy atom. The van der Waals surface area contributed by atoms with Crippen LogP contribution in [0.5, 0.6) is 0 Å². The molecule has 2 heterocycles. The molecule has 0 radical (unpaired) electrons. The summed E-state index contributed by atoms with van der Waals surface area (Å²) in [5.74, 6) is -0.344. The molecule has 0 aliphatic carbocycles. The van der Waals surface area contributed by atoms with Crippen molar-refractivity contribution in [2.75, 3.05) is 17.2 Å². The lowest BCUT2D eigenvalue weighted by atomic mass is 10.2. The fourth-order valence-electron chi connectivity index (χ4n) is 2.84. The third-order valence-corrected chi connectivity index (χ3v) is 5.14. The number of benzene rings is 1. The molecule has 1 aromatic heterocycles. The summed E-state index contributed by atoms with van der Waals surface area (Å²) in [7, 11) is 0. The first-order chi connectivity index (χ1) is 13.0. The molecule has 11 heteroatoms. The van der Waals surface area contributed by atoms with Crippen LogP contribution < -0.4 is 10.6 Å². The topological polar surface area (TPSA) is 130 Å². The summed E-state index contributed by atoms with van der Waals surface area (Å²) < 4.78 is 0. The lowest BCUT2D eigenvalue weighted by Gasteiger charge is -2.23. The molecule has 3 rings (SSSR count). The number of nitro benzene ring substituents is 1. The van der Waals surface area contributed by atoms with Crippen LogP contribution in [0.4, 0.5) is 21.3 Å². The first-order valence-corrected chi connectivity index (χ1v) is 9.25. The molecular weight excluding hydrogens is 372 g/mol. The lowest BCUT2D eigenvalue weighted by Crippen LogP contribution is -2.45. The summed E-state index contributed by atoms with van der Waals surface area (Å²) in [4.78, 5) is 37.1. The number of para-hydroxylation sites is 2. The molecule has 1 atom stereocenters. The highest BCUT2D eigenvalue weighted by molar-refractivity contribution is 7.15. The van der Waals surface area contributed by atoms with Crippen molar-refractivity contribution in [2.24, 2.45) is 0 Å². The highest BCUT2D eigenvalue weighted by Crippen LogP contribution is 2.26. The number of urea groups is 1. The maximum atomic E-state index is 12.6. The van der Waals surface area contributed by atoms with Gasteiger partial charge in [0.05, 0.1) is 4.92 Å². The van der Waals surface area contributed by atoms with Gasteiger partial charge in [0.25, 0.3) is 5.69 Å². The van der Waals surface area contributed by atoms with E-state index in [9.17, 15) is 19.7 Å². The standard InChI is InChI=1S/C16H18N6O4S/c1-2-13-19-20-15(27-13)18-14(23)12-8-5-9-21(12)16(24)17-10-6-3-4-7-11(10)22(25)26/h3-4,6-7,12H,2,5,8-9H2,1H3,(H,17,24)(H,18,20,23)/t12-/m1/s1. The molecule has 0 spiro atoms. The number of rotatable bonds is 5. The number of carbonyl (C=O) groups excluding carboxylic acids is 2. The summed E-state index contributed by atoms with van der Waals surface area (Å²) in [5, 5.41) is 25.4. The van der Waals surface area contributed by atoms with Gasteiger partial charge in [-0.3, -0.25) is 20.2 Å². The van der Waals surface area contributed by atoms with Gasteiger partial charge in [0.1, 0.15) is 16.7 Å². The van der Waals surface area contributed by atoms with Crippen molar-refractivity contribution in [1.82, 2.24) is 15.1 Å². The maximum absolute atomic E-state index is 12.6. The number of likely N-dealkylation sites (tertiary alicyclic amines) is 1. The van der Waals surface area contributed by atoms with Gasteiger partial charge in [-0.25, -0.2) is 4.79 Å². The normalized spacial score (nSPS) is 16.2. The first kappa shape index (κ1) is 18.7. The molecule has 1 aromatic carbocycles. The Hall–Kier alpha value is -3.08. The van der Waals surface area contributed by atoms with Gasteiger partial charge in [-0.2, -0.15) is 0 Å². The predicted octanol–water partition coefficient (Wildman–Crippen LogP) is 2.64. The maximum Gasteiger partial charge on any atom is 0.322 e. The van der Waals surface area contributed by atoms with E-state index in [1.807, 2.05) is 6.92 Å². The Bertz CT molecular complexity index is 870. The van der Waals surface area contributed by atoms with E-state index in [4.69, 9.17) is 0 Å². The molecule has 3 amide bonds. The van der Waals surface area contributed by atoms with Crippen molar-refractivity contribution < 1.29 is 14.5 Å². The molecule has 10 nitrogen and oxygen atoms in total. The van der Waals surface area contributed by atoms with Crippen LogP contribution in [0.15, 0.2) is 24.3 Å². The van der Waals surface area contributed by atoms with E-state index >= 15 is 0 Å². The predicted molar refractivity (Wildman–Crippen MR) is 99.8 cm³/mol. The highest BCUT2D eigenvalue weighted by Gasteiger charge is 2.35. The largest absolute Gasteiger partial charge is 0.322 e. The molecule has 27 heavy (non-hydrogen) atoms. The number of anilines is 2. The zero-order chi connectivity index (χ0) is 19.4. The van der Waals surface area contributed by atoms with Gasteiger partial charge in [-0.05, 0) is 25.3 Å². The van der Waals surface area contributed by atoms with Crippen LogP contribution in [0.1, 0.15) is 24.8 Å². The van der Waals surface area contributed by atoms with Crippen LogP contribution in [-0.2, 0) is 11.2 Å². The summed E-state index contributed by atoms with van der Waals surface area (Å²) in [5.41, 5.74) is -0.109. The van der Waals surface area contributed by atoms with E-state index in [0.29, 0.717) is 24.5 Å². The van der Waals surface area contributed by atoms with Gasteiger partial charge in [0.2, 0.25) is 11.0 Å². The number of aromatic nitrogens is 2. The fraction of sp³-hybridized carbons (Fsp3) is 0.375. The summed E-state index contributed by atoms with van der Waals surface area (Å²) in [6, 6.07) is 4.67. The number of hydrogen-bond donors (Lipinski definition) is 2. The fourth-order valence-corrected chi connectivity index (χ4v) is 3.53. The molecule has 1 fully saturated rings. The minimum atomic E-state index is -0.665. The van der Waals surface area contributed by atoms with E-state index in [-0.39, 0.29) is 17.3 Å². The van der Waals surface area contributed by atoms with Crippen LogP contribution in [-0.4, -0.2) is 44.5 Å². The number of nitrogens with one attached hydrogen (secondary N) is 2. The molecule has 2 aromatic rings. The van der Waals surface area contributed by atoms with E-state index in [0.717, 1.165) is 11.4 Å². The number of aryl methyl sites for hydroxylation is 1. The molecule has 1 saturated heterocycles. The number of amides is 3. The van der Waals surface area contributed by atoms with Crippen molar-refractivity contribution in [3.63, 3.8) is 0 Å². The second-order valence-electron chi connectivity index (χ2n) is 5.90. The highest BCUT2D eigenvalue weighted by atomic mass is 32.1. The summed E-state index contributed by atoms with van der Waals surface area (Å²) in [6.45, 7) is 2.33. The van der Waals surface area contributed by atoms with Gasteiger partial charge in [0.15, 0.2) is 0 Å². The van der Waals surface area contributed by atoms with Crippen molar-refractivity contribution in [1.29, 1.82) is 0 Å². The monoisotopic (exact) mass is 390 g/mol. The summed E-state index contributed by atoms with van der Waals surface area (Å²) >= 11 is 1.29. The Balaban J connectivity index is 1.69. The zero-order valence-corrected chi connectivity index (χ0v) is 15.4. The Labute approximate surface area is 158 Å². The van der Waals surface area contributed by atoms with Gasteiger partial charge < -0.3 is 10.2 Å². The minimum absolute atomic E-state index is 0.0928. The lowest BCUT2D eigenvalue weighted by molar-refractivity contribution is -0.383. The number of nitro groups is 1. The first-order valence-electron chi connectivity index (χ1n) is 8.44. The van der Waals surface area contributed by atoms with Gasteiger partial charge >= 0.3 is 6.03 Å².